The maximum atomic E-state index is 12.3. The number of aromatic nitrogens is 6. The number of rotatable bonds is 5. The molecule has 26 heavy (non-hydrogen) atoms. The molecule has 0 radical (unpaired) electrons. The Morgan fingerprint density at radius 1 is 1.15 bits per heavy atom. The van der Waals surface area contributed by atoms with Crippen molar-refractivity contribution < 1.29 is 4.79 Å². The molecule has 1 N–H and O–H groups in total. The second-order valence-corrected chi connectivity index (χ2v) is 5.93. The Morgan fingerprint density at radius 2 is 2.04 bits per heavy atom. The van der Waals surface area contributed by atoms with Crippen molar-refractivity contribution in [2.75, 3.05) is 5.32 Å². The summed E-state index contributed by atoms with van der Waals surface area (Å²) in [5.74, 6) is 0.585. The number of anilines is 1. The highest BCUT2D eigenvalue weighted by Gasteiger charge is 2.09. The molecule has 2 aromatic carbocycles. The summed E-state index contributed by atoms with van der Waals surface area (Å²) in [5.41, 5.74) is 3.51. The molecule has 0 aliphatic rings. The third-order valence-corrected chi connectivity index (χ3v) is 4.13. The van der Waals surface area contributed by atoms with Gasteiger partial charge in [0, 0.05) is 31.3 Å². The normalized spacial score (nSPS) is 11.0. The first-order valence-corrected chi connectivity index (χ1v) is 8.23. The van der Waals surface area contributed by atoms with Crippen molar-refractivity contribution in [2.45, 2.75) is 13.0 Å². The highest BCUT2D eigenvalue weighted by Crippen LogP contribution is 2.20. The number of carbonyl (C=O) groups excluding carboxylic acids is 1. The van der Waals surface area contributed by atoms with Crippen molar-refractivity contribution in [3.63, 3.8) is 0 Å². The van der Waals surface area contributed by atoms with Crippen molar-refractivity contribution in [1.82, 2.24) is 29.8 Å². The second-order valence-electron chi connectivity index (χ2n) is 5.93. The third kappa shape index (κ3) is 3.16. The fourth-order valence-electron chi connectivity index (χ4n) is 2.84. The Balaban J connectivity index is 1.43. The van der Waals surface area contributed by atoms with E-state index in [1.54, 1.807) is 18.1 Å². The van der Waals surface area contributed by atoms with E-state index in [4.69, 9.17) is 0 Å². The molecule has 8 nitrogen and oxygen atoms in total. The van der Waals surface area contributed by atoms with Crippen molar-refractivity contribution in [3.8, 4) is 11.4 Å². The summed E-state index contributed by atoms with van der Waals surface area (Å²) in [5, 5.41) is 14.4. The average Bonchev–Trinajstić information content (AvgIpc) is 3.26. The van der Waals surface area contributed by atoms with Crippen LogP contribution in [0.25, 0.3) is 22.4 Å². The van der Waals surface area contributed by atoms with Crippen LogP contribution in [-0.4, -0.2) is 35.7 Å². The quantitative estimate of drug-likeness (QED) is 0.598. The Labute approximate surface area is 149 Å². The number of carbonyl (C=O) groups is 1. The number of aryl methyl sites for hydroxylation is 2. The van der Waals surface area contributed by atoms with Gasteiger partial charge in [-0.25, -0.2) is 9.67 Å². The zero-order valence-corrected chi connectivity index (χ0v) is 14.2. The van der Waals surface area contributed by atoms with Crippen LogP contribution >= 0.6 is 0 Å². The predicted octanol–water partition coefficient (Wildman–Crippen LogP) is 2.26. The number of hydrogen-bond acceptors (Lipinski definition) is 5. The van der Waals surface area contributed by atoms with Gasteiger partial charge in [-0.3, -0.25) is 4.79 Å². The SMILES string of the molecule is Cn1nnnc1-c1cccc(NC(=O)CCn2cnc3ccccc32)c1. The lowest BCUT2D eigenvalue weighted by molar-refractivity contribution is -0.116. The zero-order chi connectivity index (χ0) is 17.9. The summed E-state index contributed by atoms with van der Waals surface area (Å²) in [6.07, 6.45) is 2.12. The van der Waals surface area contributed by atoms with E-state index in [0.29, 0.717) is 24.5 Å². The van der Waals surface area contributed by atoms with Crippen molar-refractivity contribution >= 4 is 22.6 Å². The van der Waals surface area contributed by atoms with Gasteiger partial charge in [0.05, 0.1) is 17.4 Å². The highest BCUT2D eigenvalue weighted by molar-refractivity contribution is 5.91. The van der Waals surface area contributed by atoms with Gasteiger partial charge in [0.15, 0.2) is 5.82 Å². The van der Waals surface area contributed by atoms with Crippen LogP contribution < -0.4 is 5.32 Å². The molecule has 1 amide bonds. The summed E-state index contributed by atoms with van der Waals surface area (Å²) >= 11 is 0. The number of para-hydroxylation sites is 2. The smallest absolute Gasteiger partial charge is 0.226 e. The van der Waals surface area contributed by atoms with Gasteiger partial charge in [-0.2, -0.15) is 0 Å². The first kappa shape index (κ1) is 15.9. The van der Waals surface area contributed by atoms with Gasteiger partial charge in [-0.05, 0) is 34.7 Å². The van der Waals surface area contributed by atoms with E-state index < -0.39 is 0 Å². The van der Waals surface area contributed by atoms with Gasteiger partial charge in [0.2, 0.25) is 5.91 Å². The maximum Gasteiger partial charge on any atom is 0.226 e. The molecule has 0 atom stereocenters. The summed E-state index contributed by atoms with van der Waals surface area (Å²) in [7, 11) is 1.77. The molecule has 2 aromatic heterocycles. The standard InChI is InChI=1S/C18H17N7O/c1-24-18(21-22-23-24)13-5-4-6-14(11-13)20-17(26)9-10-25-12-19-15-7-2-3-8-16(15)25/h2-8,11-12H,9-10H2,1H3,(H,20,26). The minimum Gasteiger partial charge on any atom is -0.330 e. The van der Waals surface area contributed by atoms with E-state index in [2.05, 4.69) is 25.8 Å². The molecule has 0 aliphatic heterocycles. The van der Waals surface area contributed by atoms with E-state index in [0.717, 1.165) is 16.6 Å². The Morgan fingerprint density at radius 3 is 2.88 bits per heavy atom. The number of benzene rings is 2. The molecule has 2 heterocycles. The lowest BCUT2D eigenvalue weighted by Crippen LogP contribution is -2.14. The molecule has 0 unspecified atom stereocenters. The Kier molecular flexibility index (Phi) is 4.14. The number of imidazole rings is 1. The molecule has 0 aliphatic carbocycles. The van der Waals surface area contributed by atoms with Gasteiger partial charge < -0.3 is 9.88 Å². The van der Waals surface area contributed by atoms with E-state index in [-0.39, 0.29) is 5.91 Å². The van der Waals surface area contributed by atoms with Gasteiger partial charge in [-0.15, -0.1) is 5.10 Å². The fourth-order valence-corrected chi connectivity index (χ4v) is 2.84. The predicted molar refractivity (Wildman–Crippen MR) is 97.2 cm³/mol. The van der Waals surface area contributed by atoms with Crippen LogP contribution in [0.15, 0.2) is 54.9 Å². The number of fused-ring (bicyclic) bond motifs is 1. The van der Waals surface area contributed by atoms with Gasteiger partial charge in [-0.1, -0.05) is 24.3 Å². The van der Waals surface area contributed by atoms with Crippen LogP contribution in [0.4, 0.5) is 5.69 Å². The molecule has 4 aromatic rings. The van der Waals surface area contributed by atoms with Crippen LogP contribution in [0.5, 0.6) is 0 Å². The molecule has 130 valence electrons. The van der Waals surface area contributed by atoms with Crippen LogP contribution in [0.3, 0.4) is 0 Å². The number of tetrazole rings is 1. The van der Waals surface area contributed by atoms with Crippen LogP contribution in [0.1, 0.15) is 6.42 Å². The monoisotopic (exact) mass is 347 g/mol. The minimum absolute atomic E-state index is 0.0592. The second kappa shape index (κ2) is 6.75. The highest BCUT2D eigenvalue weighted by atomic mass is 16.1. The summed E-state index contributed by atoms with van der Waals surface area (Å²) < 4.78 is 3.57. The van der Waals surface area contributed by atoms with Gasteiger partial charge in [0.1, 0.15) is 0 Å². The molecule has 8 heteroatoms. The Bertz CT molecular complexity index is 1070. The molecule has 0 saturated carbocycles. The largest absolute Gasteiger partial charge is 0.330 e. The lowest BCUT2D eigenvalue weighted by atomic mass is 10.2. The fraction of sp³-hybridized carbons (Fsp3) is 0.167. The summed E-state index contributed by atoms with van der Waals surface area (Å²) in [4.78, 5) is 16.7. The first-order valence-electron chi connectivity index (χ1n) is 8.23. The maximum absolute atomic E-state index is 12.3. The minimum atomic E-state index is -0.0592. The molecule has 0 bridgehead atoms. The van der Waals surface area contributed by atoms with Gasteiger partial charge in [0.25, 0.3) is 0 Å². The third-order valence-electron chi connectivity index (χ3n) is 4.13. The zero-order valence-electron chi connectivity index (χ0n) is 14.2. The van der Waals surface area contributed by atoms with E-state index in [1.807, 2.05) is 53.1 Å². The van der Waals surface area contributed by atoms with E-state index >= 15 is 0 Å². The number of nitrogens with zero attached hydrogens (tertiary/aromatic N) is 6. The van der Waals surface area contributed by atoms with Crippen molar-refractivity contribution in [1.29, 1.82) is 0 Å². The summed E-state index contributed by atoms with van der Waals surface area (Å²) in [6, 6.07) is 15.3. The molecular formula is C18H17N7O. The molecule has 0 fully saturated rings. The van der Waals surface area contributed by atoms with Crippen molar-refractivity contribution in [3.05, 3.63) is 54.9 Å². The summed E-state index contributed by atoms with van der Waals surface area (Å²) in [6.45, 7) is 0.569. The van der Waals surface area contributed by atoms with Crippen LogP contribution in [0.2, 0.25) is 0 Å². The van der Waals surface area contributed by atoms with Gasteiger partial charge >= 0.3 is 0 Å². The average molecular weight is 347 g/mol. The molecule has 4 rings (SSSR count). The molecule has 0 spiro atoms. The van der Waals surface area contributed by atoms with Crippen LogP contribution in [-0.2, 0) is 18.4 Å². The van der Waals surface area contributed by atoms with Crippen molar-refractivity contribution in [2.24, 2.45) is 7.05 Å². The number of amides is 1. The number of nitrogens with one attached hydrogen (secondary N) is 1. The number of hydrogen-bond donors (Lipinski definition) is 1. The first-order chi connectivity index (χ1) is 12.7. The lowest BCUT2D eigenvalue weighted by Gasteiger charge is -2.08. The van der Waals surface area contributed by atoms with Crippen LogP contribution in [0, 0.1) is 0 Å². The molecule has 0 saturated heterocycles. The van der Waals surface area contributed by atoms with E-state index in [9.17, 15) is 4.79 Å². The molecular weight excluding hydrogens is 330 g/mol. The Hall–Kier alpha value is -3.55. The van der Waals surface area contributed by atoms with E-state index in [1.165, 1.54) is 0 Å². The topological polar surface area (TPSA) is 90.5 Å².